The Labute approximate surface area is 157 Å². The zero-order chi connectivity index (χ0) is 17.6. The van der Waals surface area contributed by atoms with Crippen molar-refractivity contribution in [1.82, 2.24) is 0 Å². The third-order valence-corrected chi connectivity index (χ3v) is 4.29. The van der Waals surface area contributed by atoms with Crippen molar-refractivity contribution in [2.45, 2.75) is 13.5 Å². The van der Waals surface area contributed by atoms with Gasteiger partial charge < -0.3 is 4.74 Å². The summed E-state index contributed by atoms with van der Waals surface area (Å²) in [6, 6.07) is 21.2. The number of nitrogens with zero attached hydrogens (tertiary/aromatic N) is 1. The molecule has 0 bridgehead atoms. The zero-order valence-corrected chi connectivity index (χ0v) is 15.3. The van der Waals surface area contributed by atoms with Crippen molar-refractivity contribution < 1.29 is 4.74 Å². The smallest absolute Gasteiger partial charge is 0.128 e. The molecule has 0 spiro atoms. The molecule has 2 nitrogen and oxygen atoms in total. The van der Waals surface area contributed by atoms with E-state index in [4.69, 9.17) is 27.9 Å². The maximum atomic E-state index is 6.20. The number of aryl methyl sites for hydroxylation is 1. The normalized spacial score (nSPS) is 11.0. The molecule has 0 saturated heterocycles. The van der Waals surface area contributed by atoms with Crippen LogP contribution in [0.15, 0.2) is 71.7 Å². The van der Waals surface area contributed by atoms with Gasteiger partial charge in [0, 0.05) is 27.4 Å². The fraction of sp³-hybridized carbons (Fsp3) is 0.0952. The average Bonchev–Trinajstić information content (AvgIpc) is 2.61. The van der Waals surface area contributed by atoms with Crippen LogP contribution < -0.4 is 4.74 Å². The maximum Gasteiger partial charge on any atom is 0.128 e. The van der Waals surface area contributed by atoms with Crippen molar-refractivity contribution in [2.75, 3.05) is 0 Å². The molecule has 3 rings (SSSR count). The Hall–Kier alpha value is -2.29. The first-order chi connectivity index (χ1) is 12.1. The van der Waals surface area contributed by atoms with Gasteiger partial charge in [0.25, 0.3) is 0 Å². The van der Waals surface area contributed by atoms with Crippen LogP contribution in [0.25, 0.3) is 0 Å². The van der Waals surface area contributed by atoms with Crippen LogP contribution in [0, 0.1) is 6.92 Å². The molecular formula is C21H17Cl2NO. The standard InChI is InChI=1S/C21H17Cl2NO/c1-15-6-10-19(11-7-15)24-13-16-4-2-3-5-21(16)25-14-17-8-9-18(22)12-20(17)23/h2-13H,14H2,1H3. The fourth-order valence-electron chi connectivity index (χ4n) is 2.29. The Kier molecular flexibility index (Phi) is 5.75. The lowest BCUT2D eigenvalue weighted by Crippen LogP contribution is -1.99. The van der Waals surface area contributed by atoms with Crippen molar-refractivity contribution >= 4 is 35.1 Å². The molecule has 25 heavy (non-hydrogen) atoms. The fourth-order valence-corrected chi connectivity index (χ4v) is 2.75. The third kappa shape index (κ3) is 4.85. The molecule has 0 heterocycles. The molecule has 126 valence electrons. The molecule has 0 fully saturated rings. The second-order valence-electron chi connectivity index (χ2n) is 5.66. The van der Waals surface area contributed by atoms with Crippen LogP contribution in [0.3, 0.4) is 0 Å². The van der Waals surface area contributed by atoms with E-state index in [1.165, 1.54) is 5.56 Å². The number of rotatable bonds is 5. The van der Waals surface area contributed by atoms with Crippen LogP contribution in [0.5, 0.6) is 5.75 Å². The van der Waals surface area contributed by atoms with E-state index < -0.39 is 0 Å². The van der Waals surface area contributed by atoms with Crippen molar-refractivity contribution in [3.63, 3.8) is 0 Å². The first-order valence-electron chi connectivity index (χ1n) is 7.88. The highest BCUT2D eigenvalue weighted by Crippen LogP contribution is 2.24. The van der Waals surface area contributed by atoms with E-state index in [9.17, 15) is 0 Å². The van der Waals surface area contributed by atoms with Crippen molar-refractivity contribution in [2.24, 2.45) is 4.99 Å². The van der Waals surface area contributed by atoms with Crippen LogP contribution in [-0.2, 0) is 6.61 Å². The first-order valence-corrected chi connectivity index (χ1v) is 8.64. The summed E-state index contributed by atoms with van der Waals surface area (Å²) in [5, 5.41) is 1.21. The molecule has 0 atom stereocenters. The number of benzene rings is 3. The molecule has 0 aliphatic carbocycles. The lowest BCUT2D eigenvalue weighted by molar-refractivity contribution is 0.306. The molecule has 0 radical (unpaired) electrons. The third-order valence-electron chi connectivity index (χ3n) is 3.70. The second kappa shape index (κ2) is 8.19. The molecule has 0 unspecified atom stereocenters. The van der Waals surface area contributed by atoms with E-state index in [2.05, 4.69) is 11.9 Å². The minimum atomic E-state index is 0.366. The number of halogens is 2. The Morgan fingerprint density at radius 2 is 1.72 bits per heavy atom. The predicted molar refractivity (Wildman–Crippen MR) is 106 cm³/mol. The number of hydrogen-bond donors (Lipinski definition) is 0. The van der Waals surface area contributed by atoms with Crippen molar-refractivity contribution in [1.29, 1.82) is 0 Å². The molecular weight excluding hydrogens is 353 g/mol. The van der Waals surface area contributed by atoms with Gasteiger partial charge in [-0.2, -0.15) is 0 Å². The van der Waals surface area contributed by atoms with Gasteiger partial charge in [-0.25, -0.2) is 0 Å². The van der Waals surface area contributed by atoms with Gasteiger partial charge >= 0.3 is 0 Å². The number of hydrogen-bond acceptors (Lipinski definition) is 2. The quantitative estimate of drug-likeness (QED) is 0.462. The lowest BCUT2D eigenvalue weighted by Gasteiger charge is -2.10. The number of ether oxygens (including phenoxy) is 1. The summed E-state index contributed by atoms with van der Waals surface area (Å²) in [6.45, 7) is 2.42. The van der Waals surface area contributed by atoms with Crippen molar-refractivity contribution in [3.05, 3.63) is 93.5 Å². The van der Waals surface area contributed by atoms with E-state index >= 15 is 0 Å². The largest absolute Gasteiger partial charge is 0.488 e. The molecule has 0 N–H and O–H groups in total. The minimum Gasteiger partial charge on any atom is -0.488 e. The topological polar surface area (TPSA) is 21.6 Å². The van der Waals surface area contributed by atoms with Gasteiger partial charge in [0.05, 0.1) is 5.69 Å². The number of para-hydroxylation sites is 1. The molecule has 3 aromatic rings. The molecule has 0 aromatic heterocycles. The summed E-state index contributed by atoms with van der Waals surface area (Å²) < 4.78 is 5.93. The van der Waals surface area contributed by atoms with Gasteiger partial charge in [-0.15, -0.1) is 0 Å². The van der Waals surface area contributed by atoms with Gasteiger partial charge in [0.1, 0.15) is 12.4 Å². The Bertz CT molecular complexity index is 889. The van der Waals surface area contributed by atoms with Crippen LogP contribution in [0.4, 0.5) is 5.69 Å². The van der Waals surface area contributed by atoms with Gasteiger partial charge in [-0.1, -0.05) is 59.1 Å². The van der Waals surface area contributed by atoms with Gasteiger partial charge in [0.2, 0.25) is 0 Å². The zero-order valence-electron chi connectivity index (χ0n) is 13.7. The highest BCUT2D eigenvalue weighted by atomic mass is 35.5. The number of aliphatic imine (C=N–C) groups is 1. The van der Waals surface area contributed by atoms with Gasteiger partial charge in [-0.05, 0) is 43.3 Å². The molecule has 0 aliphatic rings. The Morgan fingerprint density at radius 3 is 2.48 bits per heavy atom. The lowest BCUT2D eigenvalue weighted by atomic mass is 10.2. The van der Waals surface area contributed by atoms with Crippen molar-refractivity contribution in [3.8, 4) is 5.75 Å². The Morgan fingerprint density at radius 1 is 0.960 bits per heavy atom. The molecule has 4 heteroatoms. The molecule has 0 saturated carbocycles. The summed E-state index contributed by atoms with van der Waals surface area (Å²) >= 11 is 12.1. The predicted octanol–water partition coefficient (Wildman–Crippen LogP) is 6.63. The molecule has 0 amide bonds. The van der Waals surface area contributed by atoms with E-state index in [0.717, 1.165) is 22.6 Å². The summed E-state index contributed by atoms with van der Waals surface area (Å²) in [7, 11) is 0. The average molecular weight is 370 g/mol. The Balaban J connectivity index is 1.75. The van der Waals surface area contributed by atoms with Crippen LogP contribution in [0.2, 0.25) is 10.0 Å². The van der Waals surface area contributed by atoms with Crippen LogP contribution in [-0.4, -0.2) is 6.21 Å². The van der Waals surface area contributed by atoms with E-state index in [1.807, 2.05) is 60.8 Å². The monoisotopic (exact) mass is 369 g/mol. The summed E-state index contributed by atoms with van der Waals surface area (Å²) in [4.78, 5) is 4.51. The van der Waals surface area contributed by atoms with Gasteiger partial charge in [0.15, 0.2) is 0 Å². The van der Waals surface area contributed by atoms with Crippen LogP contribution >= 0.6 is 23.2 Å². The summed E-state index contributed by atoms with van der Waals surface area (Å²) in [6.07, 6.45) is 1.81. The molecule has 0 aliphatic heterocycles. The SMILES string of the molecule is Cc1ccc(N=Cc2ccccc2OCc2ccc(Cl)cc2Cl)cc1. The highest BCUT2D eigenvalue weighted by Gasteiger charge is 2.05. The molecule has 3 aromatic carbocycles. The highest BCUT2D eigenvalue weighted by molar-refractivity contribution is 6.35. The van der Waals surface area contributed by atoms with E-state index in [-0.39, 0.29) is 0 Å². The first kappa shape index (κ1) is 17.5. The minimum absolute atomic E-state index is 0.366. The second-order valence-corrected chi connectivity index (χ2v) is 6.50. The van der Waals surface area contributed by atoms with E-state index in [0.29, 0.717) is 16.7 Å². The maximum absolute atomic E-state index is 6.20. The van der Waals surface area contributed by atoms with Crippen LogP contribution in [0.1, 0.15) is 16.7 Å². The summed E-state index contributed by atoms with van der Waals surface area (Å²) in [5.74, 6) is 0.754. The van der Waals surface area contributed by atoms with E-state index in [1.54, 1.807) is 12.1 Å². The van der Waals surface area contributed by atoms with Gasteiger partial charge in [-0.3, -0.25) is 4.99 Å². The summed E-state index contributed by atoms with van der Waals surface area (Å²) in [5.41, 5.74) is 3.91.